The van der Waals surface area contributed by atoms with Gasteiger partial charge < -0.3 is 10.5 Å². The minimum Gasteiger partial charge on any atom is -0.370 e. The Morgan fingerprint density at radius 3 is 2.42 bits per heavy atom. The van der Waals surface area contributed by atoms with E-state index in [-0.39, 0.29) is 12.5 Å². The number of halogens is 3. The lowest BCUT2D eigenvalue weighted by atomic mass is 10.2. The van der Waals surface area contributed by atoms with Crippen LogP contribution in [0.2, 0.25) is 0 Å². The Hall–Kier alpha value is -0.290. The van der Waals surface area contributed by atoms with E-state index in [1.807, 2.05) is 6.92 Å². The van der Waals surface area contributed by atoms with Gasteiger partial charge in [0.05, 0.1) is 6.61 Å². The Balaban J connectivity index is 2.12. The highest BCUT2D eigenvalue weighted by Crippen LogP contribution is 2.40. The zero-order valence-corrected chi connectivity index (χ0v) is 6.82. The molecule has 2 atom stereocenters. The molecule has 12 heavy (non-hydrogen) atoms. The van der Waals surface area contributed by atoms with Crippen LogP contribution in [0.5, 0.6) is 0 Å². The first-order chi connectivity index (χ1) is 5.33. The number of hydrogen-bond acceptors (Lipinski definition) is 2. The van der Waals surface area contributed by atoms with Crippen LogP contribution >= 0.6 is 0 Å². The highest BCUT2D eigenvalue weighted by molar-refractivity contribution is 5.05. The average molecular weight is 183 g/mol. The van der Waals surface area contributed by atoms with Crippen LogP contribution in [0.4, 0.5) is 13.2 Å². The molecule has 5 heteroatoms. The van der Waals surface area contributed by atoms with Crippen molar-refractivity contribution >= 4 is 0 Å². The van der Waals surface area contributed by atoms with E-state index in [0.717, 1.165) is 6.42 Å². The number of alkyl halides is 3. The molecule has 0 radical (unpaired) electrons. The molecule has 0 heterocycles. The van der Waals surface area contributed by atoms with E-state index >= 15 is 0 Å². The van der Waals surface area contributed by atoms with Gasteiger partial charge in [0, 0.05) is 5.54 Å². The third-order valence-corrected chi connectivity index (χ3v) is 2.14. The second-order valence-electron chi connectivity index (χ2n) is 3.45. The molecular weight excluding hydrogens is 171 g/mol. The lowest BCUT2D eigenvalue weighted by Gasteiger charge is -2.12. The summed E-state index contributed by atoms with van der Waals surface area (Å²) in [6.07, 6.45) is -3.49. The van der Waals surface area contributed by atoms with E-state index < -0.39 is 18.3 Å². The van der Waals surface area contributed by atoms with E-state index in [9.17, 15) is 13.2 Å². The number of ether oxygens (including phenoxy) is 1. The second-order valence-corrected chi connectivity index (χ2v) is 3.45. The van der Waals surface area contributed by atoms with E-state index in [1.54, 1.807) is 0 Å². The molecule has 2 unspecified atom stereocenters. The summed E-state index contributed by atoms with van der Waals surface area (Å²) in [4.78, 5) is 0. The van der Waals surface area contributed by atoms with Gasteiger partial charge in [-0.2, -0.15) is 13.2 Å². The topological polar surface area (TPSA) is 35.2 Å². The molecule has 1 aliphatic carbocycles. The number of rotatable bonds is 3. The van der Waals surface area contributed by atoms with Crippen molar-refractivity contribution in [2.45, 2.75) is 25.1 Å². The maximum Gasteiger partial charge on any atom is 0.411 e. The molecule has 0 amide bonds. The van der Waals surface area contributed by atoms with Gasteiger partial charge in [0.15, 0.2) is 0 Å². The van der Waals surface area contributed by atoms with E-state index in [0.29, 0.717) is 0 Å². The Kier molecular flexibility index (Phi) is 2.35. The summed E-state index contributed by atoms with van der Waals surface area (Å²) in [5.74, 6) is 0.283. The minimum absolute atomic E-state index is 0.00762. The van der Waals surface area contributed by atoms with Crippen molar-refractivity contribution in [3.63, 3.8) is 0 Å². The Labute approximate surface area is 68.9 Å². The first kappa shape index (κ1) is 9.80. The van der Waals surface area contributed by atoms with Gasteiger partial charge in [0.25, 0.3) is 0 Å². The van der Waals surface area contributed by atoms with Crippen LogP contribution in [0.1, 0.15) is 13.3 Å². The van der Waals surface area contributed by atoms with Crippen LogP contribution in [-0.4, -0.2) is 24.9 Å². The molecule has 0 bridgehead atoms. The molecule has 1 saturated carbocycles. The standard InChI is InChI=1S/C7H12F3NO/c1-5-2-6(5,11)3-12-4-7(8,9)10/h5H,2-4,11H2,1H3. The molecule has 2 N–H and O–H groups in total. The Morgan fingerprint density at radius 1 is 1.58 bits per heavy atom. The first-order valence-electron chi connectivity index (χ1n) is 3.77. The zero-order chi connectivity index (χ0) is 9.41. The molecule has 72 valence electrons. The molecule has 0 aliphatic heterocycles. The second kappa shape index (κ2) is 2.88. The maximum absolute atomic E-state index is 11.6. The lowest BCUT2D eigenvalue weighted by Crippen LogP contribution is -2.32. The van der Waals surface area contributed by atoms with Crippen molar-refractivity contribution in [3.05, 3.63) is 0 Å². The number of nitrogens with two attached hydrogens (primary N) is 1. The number of hydrogen-bond donors (Lipinski definition) is 1. The SMILES string of the molecule is CC1CC1(N)COCC(F)(F)F. The van der Waals surface area contributed by atoms with Crippen molar-refractivity contribution in [3.8, 4) is 0 Å². The summed E-state index contributed by atoms with van der Waals surface area (Å²) in [7, 11) is 0. The van der Waals surface area contributed by atoms with E-state index in [1.165, 1.54) is 0 Å². The van der Waals surface area contributed by atoms with Crippen molar-refractivity contribution in [2.24, 2.45) is 11.7 Å². The summed E-state index contributed by atoms with van der Waals surface area (Å²) in [5, 5.41) is 0. The fourth-order valence-corrected chi connectivity index (χ4v) is 1.07. The van der Waals surface area contributed by atoms with Crippen LogP contribution in [-0.2, 0) is 4.74 Å². The van der Waals surface area contributed by atoms with Crippen LogP contribution in [0.3, 0.4) is 0 Å². The van der Waals surface area contributed by atoms with Gasteiger partial charge in [0.1, 0.15) is 6.61 Å². The van der Waals surface area contributed by atoms with Crippen molar-refractivity contribution < 1.29 is 17.9 Å². The van der Waals surface area contributed by atoms with Crippen molar-refractivity contribution in [1.82, 2.24) is 0 Å². The van der Waals surface area contributed by atoms with Gasteiger partial charge in [-0.3, -0.25) is 0 Å². The van der Waals surface area contributed by atoms with Crippen molar-refractivity contribution in [1.29, 1.82) is 0 Å². The molecule has 1 fully saturated rings. The smallest absolute Gasteiger partial charge is 0.370 e. The monoisotopic (exact) mass is 183 g/mol. The highest BCUT2D eigenvalue weighted by atomic mass is 19.4. The normalized spacial score (nSPS) is 35.2. The third-order valence-electron chi connectivity index (χ3n) is 2.14. The Bertz CT molecular complexity index is 171. The van der Waals surface area contributed by atoms with Gasteiger partial charge in [0.2, 0.25) is 0 Å². The lowest BCUT2D eigenvalue weighted by molar-refractivity contribution is -0.175. The molecule has 1 rings (SSSR count). The molecule has 0 saturated heterocycles. The quantitative estimate of drug-likeness (QED) is 0.715. The molecule has 0 aromatic heterocycles. The molecule has 0 spiro atoms. The summed E-state index contributed by atoms with van der Waals surface area (Å²) in [6.45, 7) is 0.712. The van der Waals surface area contributed by atoms with Gasteiger partial charge in [-0.15, -0.1) is 0 Å². The van der Waals surface area contributed by atoms with E-state index in [4.69, 9.17) is 5.73 Å². The maximum atomic E-state index is 11.6. The molecule has 0 aromatic carbocycles. The predicted molar refractivity (Wildman–Crippen MR) is 37.6 cm³/mol. The fraction of sp³-hybridized carbons (Fsp3) is 1.00. The first-order valence-corrected chi connectivity index (χ1v) is 3.77. The minimum atomic E-state index is -4.24. The summed E-state index contributed by atoms with van der Waals surface area (Å²) < 4.78 is 39.2. The molecular formula is C7H12F3NO. The zero-order valence-electron chi connectivity index (χ0n) is 6.82. The molecule has 1 aliphatic rings. The van der Waals surface area contributed by atoms with Crippen LogP contribution in [0.15, 0.2) is 0 Å². The summed E-state index contributed by atoms with van der Waals surface area (Å²) in [6, 6.07) is 0. The van der Waals surface area contributed by atoms with Crippen LogP contribution < -0.4 is 5.73 Å². The highest BCUT2D eigenvalue weighted by Gasteiger charge is 2.48. The van der Waals surface area contributed by atoms with Gasteiger partial charge >= 0.3 is 6.18 Å². The van der Waals surface area contributed by atoms with E-state index in [2.05, 4.69) is 4.74 Å². The van der Waals surface area contributed by atoms with Gasteiger partial charge in [-0.05, 0) is 12.3 Å². The molecule has 0 aromatic rings. The molecule has 2 nitrogen and oxygen atoms in total. The van der Waals surface area contributed by atoms with Gasteiger partial charge in [-0.1, -0.05) is 6.92 Å². The summed E-state index contributed by atoms with van der Waals surface area (Å²) >= 11 is 0. The van der Waals surface area contributed by atoms with Crippen LogP contribution in [0.25, 0.3) is 0 Å². The van der Waals surface area contributed by atoms with Crippen LogP contribution in [0, 0.1) is 5.92 Å². The largest absolute Gasteiger partial charge is 0.411 e. The third kappa shape index (κ3) is 2.64. The predicted octanol–water partition coefficient (Wildman–Crippen LogP) is 1.30. The summed E-state index contributed by atoms with van der Waals surface area (Å²) in [5.41, 5.74) is 5.13. The van der Waals surface area contributed by atoms with Gasteiger partial charge in [-0.25, -0.2) is 0 Å². The fourth-order valence-electron chi connectivity index (χ4n) is 1.07. The Morgan fingerprint density at radius 2 is 2.08 bits per heavy atom. The average Bonchev–Trinajstić information content (AvgIpc) is 2.36. The van der Waals surface area contributed by atoms with Crippen molar-refractivity contribution in [2.75, 3.05) is 13.2 Å².